The molecule has 86 valence electrons. The topological polar surface area (TPSA) is 33.0 Å². The van der Waals surface area contributed by atoms with Crippen molar-refractivity contribution >= 4 is 0 Å². The minimum Gasteiger partial charge on any atom is -0.367 e. The summed E-state index contributed by atoms with van der Waals surface area (Å²) in [6.07, 6.45) is -4.39. The molecule has 0 radical (unpaired) electrons. The first-order valence-electron chi connectivity index (χ1n) is 4.25. The highest BCUT2D eigenvalue weighted by Crippen LogP contribution is 2.16. The Labute approximate surface area is 89.1 Å². The number of nitriles is 1. The maximum absolute atomic E-state index is 12.8. The van der Waals surface area contributed by atoms with Crippen LogP contribution in [0.2, 0.25) is 0 Å². The first-order valence-corrected chi connectivity index (χ1v) is 4.25. The third kappa shape index (κ3) is 3.87. The van der Waals surface area contributed by atoms with Gasteiger partial charge in [0.25, 0.3) is 0 Å². The summed E-state index contributed by atoms with van der Waals surface area (Å²) < 4.78 is 52.4. The van der Waals surface area contributed by atoms with E-state index in [-0.39, 0.29) is 12.2 Å². The van der Waals surface area contributed by atoms with Gasteiger partial charge in [0, 0.05) is 0 Å². The van der Waals surface area contributed by atoms with Crippen LogP contribution in [-0.4, -0.2) is 12.8 Å². The van der Waals surface area contributed by atoms with Crippen LogP contribution in [0.15, 0.2) is 18.2 Å². The van der Waals surface area contributed by atoms with Gasteiger partial charge in [0.1, 0.15) is 18.5 Å². The van der Waals surface area contributed by atoms with Crippen molar-refractivity contribution in [3.05, 3.63) is 35.1 Å². The first-order chi connectivity index (χ1) is 7.42. The summed E-state index contributed by atoms with van der Waals surface area (Å²) in [5.74, 6) is -0.706. The van der Waals surface area contributed by atoms with Crippen LogP contribution in [0.1, 0.15) is 11.1 Å². The van der Waals surface area contributed by atoms with Crippen molar-refractivity contribution in [2.75, 3.05) is 6.61 Å². The molecule has 0 atom stereocenters. The van der Waals surface area contributed by atoms with Crippen LogP contribution in [0.3, 0.4) is 0 Å². The van der Waals surface area contributed by atoms with Gasteiger partial charge < -0.3 is 4.74 Å². The number of hydrogen-bond donors (Lipinski definition) is 0. The maximum Gasteiger partial charge on any atom is 0.411 e. The molecule has 0 heterocycles. The van der Waals surface area contributed by atoms with Gasteiger partial charge in [-0.15, -0.1) is 0 Å². The van der Waals surface area contributed by atoms with E-state index in [0.717, 1.165) is 12.1 Å². The normalized spacial score (nSPS) is 11.2. The van der Waals surface area contributed by atoms with Gasteiger partial charge in [-0.05, 0) is 17.7 Å². The molecule has 0 aromatic heterocycles. The van der Waals surface area contributed by atoms with Crippen LogP contribution in [-0.2, 0) is 11.3 Å². The standard InChI is InChI=1S/C10H7F4NO/c11-9-2-1-7(3-8(9)4-15)5-16-6-10(12,13)14/h1-3H,5-6H2. The number of rotatable bonds is 3. The minimum absolute atomic E-state index is 0.215. The smallest absolute Gasteiger partial charge is 0.367 e. The summed E-state index contributed by atoms with van der Waals surface area (Å²) in [7, 11) is 0. The van der Waals surface area contributed by atoms with E-state index >= 15 is 0 Å². The molecular weight excluding hydrogens is 226 g/mol. The van der Waals surface area contributed by atoms with E-state index in [2.05, 4.69) is 4.74 Å². The Kier molecular flexibility index (Phi) is 3.85. The molecule has 6 heteroatoms. The fourth-order valence-corrected chi connectivity index (χ4v) is 1.03. The van der Waals surface area contributed by atoms with E-state index in [1.807, 2.05) is 0 Å². The summed E-state index contributed by atoms with van der Waals surface area (Å²) in [5, 5.41) is 8.49. The molecule has 1 aromatic carbocycles. The lowest BCUT2D eigenvalue weighted by atomic mass is 10.1. The molecule has 0 spiro atoms. The van der Waals surface area contributed by atoms with Crippen molar-refractivity contribution in [3.8, 4) is 6.07 Å². The van der Waals surface area contributed by atoms with Crippen LogP contribution in [0.25, 0.3) is 0 Å². The van der Waals surface area contributed by atoms with Crippen molar-refractivity contribution in [1.29, 1.82) is 5.26 Å². The molecule has 0 N–H and O–H groups in total. The first kappa shape index (κ1) is 12.5. The summed E-state index contributed by atoms with van der Waals surface area (Å²) in [5.41, 5.74) is 0.107. The highest BCUT2D eigenvalue weighted by atomic mass is 19.4. The van der Waals surface area contributed by atoms with Gasteiger partial charge in [-0.3, -0.25) is 0 Å². The molecule has 0 fully saturated rings. The van der Waals surface area contributed by atoms with Gasteiger partial charge in [0.2, 0.25) is 0 Å². The molecule has 0 amide bonds. The van der Waals surface area contributed by atoms with Crippen LogP contribution in [0.5, 0.6) is 0 Å². The number of nitrogens with zero attached hydrogens (tertiary/aromatic N) is 1. The molecule has 0 unspecified atom stereocenters. The number of alkyl halides is 3. The lowest BCUT2D eigenvalue weighted by molar-refractivity contribution is -0.176. The number of ether oxygens (including phenoxy) is 1. The minimum atomic E-state index is -4.39. The monoisotopic (exact) mass is 233 g/mol. The Bertz CT molecular complexity index is 408. The van der Waals surface area contributed by atoms with Gasteiger partial charge in [-0.2, -0.15) is 18.4 Å². The molecule has 0 aliphatic carbocycles. The van der Waals surface area contributed by atoms with Gasteiger partial charge in [0.15, 0.2) is 0 Å². The summed E-state index contributed by atoms with van der Waals surface area (Å²) in [4.78, 5) is 0. The highest BCUT2D eigenvalue weighted by Gasteiger charge is 2.27. The quantitative estimate of drug-likeness (QED) is 0.752. The molecule has 1 rings (SSSR count). The van der Waals surface area contributed by atoms with Crippen molar-refractivity contribution in [2.24, 2.45) is 0 Å². The number of halogens is 4. The Hall–Kier alpha value is -1.61. The van der Waals surface area contributed by atoms with Crippen molar-refractivity contribution < 1.29 is 22.3 Å². The predicted octanol–water partition coefficient (Wildman–Crippen LogP) is 2.78. The van der Waals surface area contributed by atoms with Gasteiger partial charge in [-0.1, -0.05) is 6.07 Å². The molecular formula is C10H7F4NO. The summed E-state index contributed by atoms with van der Waals surface area (Å²) >= 11 is 0. The number of benzene rings is 1. The van der Waals surface area contributed by atoms with E-state index in [1.165, 1.54) is 6.07 Å². The maximum atomic E-state index is 12.8. The zero-order valence-corrected chi connectivity index (χ0v) is 8.01. The summed E-state index contributed by atoms with van der Waals surface area (Å²) in [6.45, 7) is -1.68. The van der Waals surface area contributed by atoms with Crippen molar-refractivity contribution in [1.82, 2.24) is 0 Å². The van der Waals surface area contributed by atoms with E-state index in [9.17, 15) is 17.6 Å². The molecule has 0 saturated carbocycles. The van der Waals surface area contributed by atoms with Gasteiger partial charge in [0.05, 0.1) is 12.2 Å². The van der Waals surface area contributed by atoms with E-state index in [4.69, 9.17) is 5.26 Å². The zero-order chi connectivity index (χ0) is 12.2. The van der Waals surface area contributed by atoms with E-state index < -0.39 is 18.6 Å². The van der Waals surface area contributed by atoms with E-state index in [0.29, 0.717) is 5.56 Å². The van der Waals surface area contributed by atoms with Crippen LogP contribution >= 0.6 is 0 Å². The Morgan fingerprint density at radius 1 is 1.31 bits per heavy atom. The Balaban J connectivity index is 2.59. The lowest BCUT2D eigenvalue weighted by Gasteiger charge is -2.07. The Morgan fingerprint density at radius 3 is 2.56 bits per heavy atom. The Morgan fingerprint density at radius 2 is 2.00 bits per heavy atom. The fraction of sp³-hybridized carbons (Fsp3) is 0.300. The van der Waals surface area contributed by atoms with Crippen LogP contribution in [0.4, 0.5) is 17.6 Å². The molecule has 1 aromatic rings. The SMILES string of the molecule is N#Cc1cc(COCC(F)(F)F)ccc1F. The molecule has 0 aliphatic heterocycles. The molecule has 0 aliphatic rings. The van der Waals surface area contributed by atoms with Crippen molar-refractivity contribution in [3.63, 3.8) is 0 Å². The molecule has 16 heavy (non-hydrogen) atoms. The second kappa shape index (κ2) is 4.94. The van der Waals surface area contributed by atoms with Crippen LogP contribution in [0, 0.1) is 17.1 Å². The second-order valence-electron chi connectivity index (χ2n) is 3.03. The summed E-state index contributed by atoms with van der Waals surface area (Å²) in [6, 6.07) is 5.04. The van der Waals surface area contributed by atoms with Crippen molar-refractivity contribution in [2.45, 2.75) is 12.8 Å². The highest BCUT2D eigenvalue weighted by molar-refractivity contribution is 5.34. The average Bonchev–Trinajstić information content (AvgIpc) is 2.18. The fourth-order valence-electron chi connectivity index (χ4n) is 1.03. The third-order valence-corrected chi connectivity index (χ3v) is 1.69. The van der Waals surface area contributed by atoms with Gasteiger partial charge in [-0.25, -0.2) is 4.39 Å². The average molecular weight is 233 g/mol. The largest absolute Gasteiger partial charge is 0.411 e. The van der Waals surface area contributed by atoms with E-state index in [1.54, 1.807) is 6.07 Å². The predicted molar refractivity (Wildman–Crippen MR) is 46.8 cm³/mol. The second-order valence-corrected chi connectivity index (χ2v) is 3.03. The molecule has 0 saturated heterocycles. The number of hydrogen-bond acceptors (Lipinski definition) is 2. The van der Waals surface area contributed by atoms with Crippen LogP contribution < -0.4 is 0 Å². The van der Waals surface area contributed by atoms with Gasteiger partial charge >= 0.3 is 6.18 Å². The zero-order valence-electron chi connectivity index (χ0n) is 8.01. The molecule has 0 bridgehead atoms. The molecule has 2 nitrogen and oxygen atoms in total. The lowest BCUT2D eigenvalue weighted by Crippen LogP contribution is -2.16. The third-order valence-electron chi connectivity index (χ3n) is 1.69.